The summed E-state index contributed by atoms with van der Waals surface area (Å²) in [4.78, 5) is 23.9. The first-order chi connectivity index (χ1) is 12.0. The molecule has 0 spiro atoms. The smallest absolute Gasteiger partial charge is 0.338 e. The minimum absolute atomic E-state index is 0.0298. The van der Waals surface area contributed by atoms with Crippen molar-refractivity contribution >= 4 is 17.6 Å². The lowest BCUT2D eigenvalue weighted by Gasteiger charge is -2.17. The fourth-order valence-electron chi connectivity index (χ4n) is 2.14. The lowest BCUT2D eigenvalue weighted by Crippen LogP contribution is -2.32. The van der Waals surface area contributed by atoms with Gasteiger partial charge in [-0.05, 0) is 49.7 Å². The summed E-state index contributed by atoms with van der Waals surface area (Å²) < 4.78 is 24.0. The van der Waals surface area contributed by atoms with Crippen molar-refractivity contribution in [3.05, 3.63) is 59.9 Å². The second kappa shape index (κ2) is 8.82. The molecule has 0 aliphatic rings. The van der Waals surface area contributed by atoms with Crippen LogP contribution in [0.2, 0.25) is 0 Å². The zero-order valence-electron chi connectivity index (χ0n) is 14.1. The largest absolute Gasteiger partial charge is 0.478 e. The standard InChI is InChI=1S/C19H20FNO4/c1-3-16(25-17-8-6-5-7-15(17)20)18(22)21-14-11-9-13(10-12-14)19(23)24-4-2/h5-12,16H,3-4H2,1-2H3,(H,21,22)/t16-/m1/s1. The number of hydrogen-bond donors (Lipinski definition) is 1. The van der Waals surface area contributed by atoms with Gasteiger partial charge in [-0.3, -0.25) is 4.79 Å². The minimum Gasteiger partial charge on any atom is -0.478 e. The maximum Gasteiger partial charge on any atom is 0.338 e. The first-order valence-electron chi connectivity index (χ1n) is 8.04. The highest BCUT2D eigenvalue weighted by atomic mass is 19.1. The third-order valence-electron chi connectivity index (χ3n) is 3.43. The van der Waals surface area contributed by atoms with Crippen LogP contribution < -0.4 is 10.1 Å². The van der Waals surface area contributed by atoms with Gasteiger partial charge >= 0.3 is 5.97 Å². The number of hydrogen-bond acceptors (Lipinski definition) is 4. The topological polar surface area (TPSA) is 64.6 Å². The predicted molar refractivity (Wildman–Crippen MR) is 92.1 cm³/mol. The van der Waals surface area contributed by atoms with Crippen LogP contribution in [0.3, 0.4) is 0 Å². The third-order valence-corrected chi connectivity index (χ3v) is 3.43. The van der Waals surface area contributed by atoms with Crippen LogP contribution in [-0.2, 0) is 9.53 Å². The molecule has 5 nitrogen and oxygen atoms in total. The van der Waals surface area contributed by atoms with Crippen molar-refractivity contribution < 1.29 is 23.5 Å². The van der Waals surface area contributed by atoms with Gasteiger partial charge in [-0.1, -0.05) is 19.1 Å². The van der Waals surface area contributed by atoms with Gasteiger partial charge in [0.1, 0.15) is 0 Å². The Morgan fingerprint density at radius 2 is 1.76 bits per heavy atom. The summed E-state index contributed by atoms with van der Waals surface area (Å²) >= 11 is 0. The molecule has 6 heteroatoms. The van der Waals surface area contributed by atoms with E-state index in [4.69, 9.17) is 9.47 Å². The SMILES string of the molecule is CCOC(=O)c1ccc(NC(=O)[C@@H](CC)Oc2ccccc2F)cc1. The molecule has 1 N–H and O–H groups in total. The van der Waals surface area contributed by atoms with Crippen molar-refractivity contribution in [2.45, 2.75) is 26.4 Å². The van der Waals surface area contributed by atoms with Crippen molar-refractivity contribution in [2.24, 2.45) is 0 Å². The molecule has 0 radical (unpaired) electrons. The summed E-state index contributed by atoms with van der Waals surface area (Å²) in [6.07, 6.45) is -0.456. The van der Waals surface area contributed by atoms with Crippen molar-refractivity contribution in [2.75, 3.05) is 11.9 Å². The molecule has 25 heavy (non-hydrogen) atoms. The van der Waals surface area contributed by atoms with E-state index in [0.29, 0.717) is 24.3 Å². The number of anilines is 1. The average molecular weight is 345 g/mol. The second-order valence-electron chi connectivity index (χ2n) is 5.23. The molecular weight excluding hydrogens is 325 g/mol. The molecule has 0 unspecified atom stereocenters. The molecule has 0 aliphatic heterocycles. The maximum absolute atomic E-state index is 13.7. The normalized spacial score (nSPS) is 11.5. The molecule has 0 fully saturated rings. The molecule has 0 bridgehead atoms. The molecule has 0 aromatic heterocycles. The van der Waals surface area contributed by atoms with E-state index in [1.807, 2.05) is 0 Å². The summed E-state index contributed by atoms with van der Waals surface area (Å²) in [6, 6.07) is 12.2. The molecule has 2 aromatic rings. The van der Waals surface area contributed by atoms with Crippen molar-refractivity contribution in [1.29, 1.82) is 0 Å². The first kappa shape index (κ1) is 18.4. The fraction of sp³-hybridized carbons (Fsp3) is 0.263. The van der Waals surface area contributed by atoms with Gasteiger partial charge in [0.05, 0.1) is 12.2 Å². The molecule has 1 atom stereocenters. The van der Waals surface area contributed by atoms with Crippen LogP contribution in [0.5, 0.6) is 5.75 Å². The van der Waals surface area contributed by atoms with Crippen LogP contribution >= 0.6 is 0 Å². The van der Waals surface area contributed by atoms with Gasteiger partial charge in [0.15, 0.2) is 17.7 Å². The zero-order valence-corrected chi connectivity index (χ0v) is 14.1. The molecule has 2 rings (SSSR count). The summed E-state index contributed by atoms with van der Waals surface area (Å²) in [5, 5.41) is 2.69. The van der Waals surface area contributed by atoms with Gasteiger partial charge in [-0.15, -0.1) is 0 Å². The summed E-state index contributed by atoms with van der Waals surface area (Å²) in [7, 11) is 0. The number of amides is 1. The van der Waals surface area contributed by atoms with E-state index in [1.54, 1.807) is 50.2 Å². The Kier molecular flexibility index (Phi) is 6.51. The number of para-hydroxylation sites is 1. The number of ether oxygens (including phenoxy) is 2. The van der Waals surface area contributed by atoms with Crippen LogP contribution in [0.1, 0.15) is 30.6 Å². The summed E-state index contributed by atoms with van der Waals surface area (Å²) in [5.41, 5.74) is 0.906. The number of benzene rings is 2. The average Bonchev–Trinajstić information content (AvgIpc) is 2.61. The molecule has 0 aliphatic carbocycles. The van der Waals surface area contributed by atoms with E-state index in [2.05, 4.69) is 5.32 Å². The van der Waals surface area contributed by atoms with E-state index >= 15 is 0 Å². The van der Waals surface area contributed by atoms with Gasteiger partial charge in [0.25, 0.3) is 5.91 Å². The number of nitrogens with one attached hydrogen (secondary N) is 1. The molecule has 2 aromatic carbocycles. The predicted octanol–water partition coefficient (Wildman–Crippen LogP) is 3.80. The highest BCUT2D eigenvalue weighted by molar-refractivity contribution is 5.95. The van der Waals surface area contributed by atoms with Crippen molar-refractivity contribution in [1.82, 2.24) is 0 Å². The Morgan fingerprint density at radius 3 is 2.36 bits per heavy atom. The van der Waals surface area contributed by atoms with Gasteiger partial charge in [0.2, 0.25) is 0 Å². The molecular formula is C19H20FNO4. The van der Waals surface area contributed by atoms with Crippen LogP contribution in [0.25, 0.3) is 0 Å². The van der Waals surface area contributed by atoms with E-state index < -0.39 is 23.8 Å². The van der Waals surface area contributed by atoms with Crippen LogP contribution in [0.15, 0.2) is 48.5 Å². The minimum atomic E-state index is -0.832. The lowest BCUT2D eigenvalue weighted by atomic mass is 10.2. The molecule has 0 saturated carbocycles. The molecule has 0 heterocycles. The van der Waals surface area contributed by atoms with Crippen LogP contribution in [-0.4, -0.2) is 24.6 Å². The Hall–Kier alpha value is -2.89. The van der Waals surface area contributed by atoms with Crippen molar-refractivity contribution in [3.8, 4) is 5.75 Å². The number of esters is 1. The van der Waals surface area contributed by atoms with Crippen LogP contribution in [0, 0.1) is 5.82 Å². The van der Waals surface area contributed by atoms with Gasteiger partial charge < -0.3 is 14.8 Å². The quantitative estimate of drug-likeness (QED) is 0.775. The van der Waals surface area contributed by atoms with E-state index in [-0.39, 0.29) is 5.75 Å². The number of carbonyl (C=O) groups excluding carboxylic acids is 2. The lowest BCUT2D eigenvalue weighted by molar-refractivity contribution is -0.122. The third kappa shape index (κ3) is 5.04. The summed E-state index contributed by atoms with van der Waals surface area (Å²) in [5.74, 6) is -1.31. The van der Waals surface area contributed by atoms with Crippen LogP contribution in [0.4, 0.5) is 10.1 Å². The Morgan fingerprint density at radius 1 is 1.08 bits per heavy atom. The maximum atomic E-state index is 13.7. The van der Waals surface area contributed by atoms with E-state index in [0.717, 1.165) is 0 Å². The number of halogens is 1. The Balaban J connectivity index is 2.02. The van der Waals surface area contributed by atoms with E-state index in [9.17, 15) is 14.0 Å². The molecule has 0 saturated heterocycles. The Labute approximate surface area is 145 Å². The fourth-order valence-corrected chi connectivity index (χ4v) is 2.14. The summed E-state index contributed by atoms with van der Waals surface area (Å²) in [6.45, 7) is 3.80. The first-order valence-corrected chi connectivity index (χ1v) is 8.04. The number of carbonyl (C=O) groups is 2. The highest BCUT2D eigenvalue weighted by Gasteiger charge is 2.20. The second-order valence-corrected chi connectivity index (χ2v) is 5.23. The number of rotatable bonds is 7. The van der Waals surface area contributed by atoms with Gasteiger partial charge in [-0.25, -0.2) is 9.18 Å². The molecule has 1 amide bonds. The Bertz CT molecular complexity index is 730. The van der Waals surface area contributed by atoms with Gasteiger partial charge in [-0.2, -0.15) is 0 Å². The molecule has 132 valence electrons. The van der Waals surface area contributed by atoms with Gasteiger partial charge in [0, 0.05) is 5.69 Å². The highest BCUT2D eigenvalue weighted by Crippen LogP contribution is 2.19. The van der Waals surface area contributed by atoms with Crippen molar-refractivity contribution in [3.63, 3.8) is 0 Å². The zero-order chi connectivity index (χ0) is 18.2. The van der Waals surface area contributed by atoms with E-state index in [1.165, 1.54) is 12.1 Å². The monoisotopic (exact) mass is 345 g/mol.